The number of hydrogen-bond donors (Lipinski definition) is 3. The third kappa shape index (κ3) is 6.31. The van der Waals surface area contributed by atoms with Crippen molar-refractivity contribution >= 4 is 33.4 Å². The molecule has 0 atom stereocenters. The fourth-order valence-electron chi connectivity index (χ4n) is 2.99. The molecule has 0 radical (unpaired) electrons. The fraction of sp³-hybridized carbons (Fsp3) is 0.238. The number of aliphatic hydroxyl groups is 1. The molecule has 3 N–H and O–H groups in total. The topological polar surface area (TPSA) is 79.3 Å². The lowest BCUT2D eigenvalue weighted by atomic mass is 10.1. The van der Waals surface area contributed by atoms with Gasteiger partial charge < -0.3 is 20.5 Å². The Kier molecular flexibility index (Phi) is 7.01. The van der Waals surface area contributed by atoms with Crippen molar-refractivity contribution in [1.82, 2.24) is 9.97 Å². The van der Waals surface area contributed by atoms with E-state index < -0.39 is 6.36 Å². The van der Waals surface area contributed by atoms with Gasteiger partial charge in [-0.2, -0.15) is 4.98 Å². The first-order valence-corrected chi connectivity index (χ1v) is 10.1. The van der Waals surface area contributed by atoms with Gasteiger partial charge in [0.15, 0.2) is 0 Å². The number of halogens is 4. The zero-order valence-corrected chi connectivity index (χ0v) is 18.3. The Morgan fingerprint density at radius 1 is 1.06 bits per heavy atom. The molecule has 10 heteroatoms. The summed E-state index contributed by atoms with van der Waals surface area (Å²) in [5, 5.41) is 15.3. The van der Waals surface area contributed by atoms with E-state index in [2.05, 4.69) is 41.3 Å². The first kappa shape index (κ1) is 22.8. The Morgan fingerprint density at radius 2 is 1.77 bits per heavy atom. The molecule has 0 aliphatic heterocycles. The molecule has 1 heterocycles. The van der Waals surface area contributed by atoms with Gasteiger partial charge in [0.05, 0.1) is 12.3 Å². The maximum absolute atomic E-state index is 12.6. The van der Waals surface area contributed by atoms with Gasteiger partial charge in [0.25, 0.3) is 0 Å². The predicted molar refractivity (Wildman–Crippen MR) is 117 cm³/mol. The summed E-state index contributed by atoms with van der Waals surface area (Å²) in [5.74, 6) is 0.326. The van der Waals surface area contributed by atoms with E-state index >= 15 is 0 Å². The predicted octanol–water partition coefficient (Wildman–Crippen LogP) is 5.57. The number of alkyl halides is 3. The van der Waals surface area contributed by atoms with Gasteiger partial charge >= 0.3 is 6.36 Å². The number of anilines is 3. The number of hydrogen-bond acceptors (Lipinski definition) is 6. The van der Waals surface area contributed by atoms with E-state index in [0.29, 0.717) is 17.1 Å². The van der Waals surface area contributed by atoms with Gasteiger partial charge in [-0.15, -0.1) is 13.2 Å². The average molecular weight is 497 g/mol. The van der Waals surface area contributed by atoms with Gasteiger partial charge in [0.2, 0.25) is 5.95 Å². The van der Waals surface area contributed by atoms with Crippen molar-refractivity contribution in [3.63, 3.8) is 0 Å². The van der Waals surface area contributed by atoms with E-state index in [1.165, 1.54) is 18.2 Å². The van der Waals surface area contributed by atoms with E-state index in [0.717, 1.165) is 21.3 Å². The second-order valence-electron chi connectivity index (χ2n) is 6.73. The number of aryl methyl sites for hydroxylation is 2. The van der Waals surface area contributed by atoms with Crippen LogP contribution >= 0.6 is 15.9 Å². The van der Waals surface area contributed by atoms with Crippen LogP contribution in [0.15, 0.2) is 46.9 Å². The molecule has 0 fully saturated rings. The maximum atomic E-state index is 12.6. The lowest BCUT2D eigenvalue weighted by Crippen LogP contribution is -2.17. The average Bonchev–Trinajstić information content (AvgIpc) is 2.68. The van der Waals surface area contributed by atoms with Crippen LogP contribution in [-0.4, -0.2) is 34.6 Å². The number of aromatic nitrogens is 2. The van der Waals surface area contributed by atoms with Gasteiger partial charge in [0.1, 0.15) is 11.6 Å². The number of nitrogens with zero attached hydrogens (tertiary/aromatic N) is 2. The minimum atomic E-state index is -4.79. The minimum Gasteiger partial charge on any atom is -0.406 e. The summed E-state index contributed by atoms with van der Waals surface area (Å²) in [7, 11) is 0. The Morgan fingerprint density at radius 3 is 2.42 bits per heavy atom. The highest BCUT2D eigenvalue weighted by molar-refractivity contribution is 9.10. The Balaban J connectivity index is 2.01. The molecule has 0 unspecified atom stereocenters. The zero-order chi connectivity index (χ0) is 22.6. The van der Waals surface area contributed by atoms with Crippen molar-refractivity contribution in [2.75, 3.05) is 23.8 Å². The Hall–Kier alpha value is -2.85. The molecule has 0 aliphatic rings. The van der Waals surface area contributed by atoms with Gasteiger partial charge in [-0.3, -0.25) is 0 Å². The van der Waals surface area contributed by atoms with Crippen LogP contribution in [0.5, 0.6) is 5.75 Å². The Labute approximate surface area is 185 Å². The third-order valence-corrected chi connectivity index (χ3v) is 4.69. The van der Waals surface area contributed by atoms with Crippen LogP contribution in [0.1, 0.15) is 11.1 Å². The van der Waals surface area contributed by atoms with Crippen molar-refractivity contribution in [1.29, 1.82) is 0 Å². The summed E-state index contributed by atoms with van der Waals surface area (Å²) in [4.78, 5) is 8.77. The molecule has 2 aromatic carbocycles. The van der Waals surface area contributed by atoms with Gasteiger partial charge in [0, 0.05) is 28.3 Å². The first-order valence-electron chi connectivity index (χ1n) is 9.28. The summed E-state index contributed by atoms with van der Waals surface area (Å²) in [6.45, 7) is 3.99. The van der Waals surface area contributed by atoms with Gasteiger partial charge in [-0.1, -0.05) is 28.1 Å². The quantitative estimate of drug-likeness (QED) is 0.396. The van der Waals surface area contributed by atoms with Crippen molar-refractivity contribution in [3.05, 3.63) is 58.1 Å². The van der Waals surface area contributed by atoms with E-state index in [-0.39, 0.29) is 24.8 Å². The summed E-state index contributed by atoms with van der Waals surface area (Å²) in [6.07, 6.45) is -4.79. The van der Waals surface area contributed by atoms with E-state index in [1.807, 2.05) is 26.0 Å². The van der Waals surface area contributed by atoms with Gasteiger partial charge in [-0.05, 0) is 49.2 Å². The van der Waals surface area contributed by atoms with Crippen molar-refractivity contribution in [3.8, 4) is 17.0 Å². The molecule has 6 nitrogen and oxygen atoms in total. The van der Waals surface area contributed by atoms with Crippen LogP contribution < -0.4 is 15.4 Å². The second kappa shape index (κ2) is 9.52. The Bertz CT molecular complexity index is 1050. The number of nitrogens with one attached hydrogen (secondary N) is 2. The lowest BCUT2D eigenvalue weighted by Gasteiger charge is -2.15. The molecule has 0 saturated carbocycles. The molecular formula is C21H20BrF3N4O2. The molecule has 0 aliphatic carbocycles. The fourth-order valence-corrected chi connectivity index (χ4v) is 3.68. The van der Waals surface area contributed by atoms with Crippen LogP contribution in [0.4, 0.5) is 30.6 Å². The summed E-state index contributed by atoms with van der Waals surface area (Å²) < 4.78 is 42.7. The minimum absolute atomic E-state index is 0.129. The molecule has 31 heavy (non-hydrogen) atoms. The maximum Gasteiger partial charge on any atom is 0.573 e. The molecule has 0 bridgehead atoms. The van der Waals surface area contributed by atoms with Crippen molar-refractivity contribution in [2.45, 2.75) is 20.2 Å². The highest BCUT2D eigenvalue weighted by Crippen LogP contribution is 2.31. The number of benzene rings is 2. The lowest BCUT2D eigenvalue weighted by molar-refractivity contribution is -0.274. The largest absolute Gasteiger partial charge is 0.573 e. The number of ether oxygens (including phenoxy) is 1. The summed E-state index contributed by atoms with van der Waals surface area (Å²) in [5.41, 5.74) is 3.63. The van der Waals surface area contributed by atoms with Crippen LogP contribution in [0.2, 0.25) is 0 Å². The zero-order valence-electron chi connectivity index (χ0n) is 16.7. The summed E-state index contributed by atoms with van der Waals surface area (Å²) in [6, 6.07) is 11.1. The SMILES string of the molecule is Cc1cc(Br)cc(C)c1Nc1cc(-c2cccc(OC(F)(F)F)c2)nc(NCCO)n1. The monoisotopic (exact) mass is 496 g/mol. The molecule has 0 spiro atoms. The van der Waals surface area contributed by atoms with Crippen LogP contribution in [-0.2, 0) is 0 Å². The smallest absolute Gasteiger partial charge is 0.406 e. The van der Waals surface area contributed by atoms with Crippen molar-refractivity contribution in [2.24, 2.45) is 0 Å². The normalized spacial score (nSPS) is 11.3. The second-order valence-corrected chi connectivity index (χ2v) is 7.64. The number of rotatable bonds is 7. The van der Waals surface area contributed by atoms with E-state index in [1.54, 1.807) is 12.1 Å². The van der Waals surface area contributed by atoms with Crippen LogP contribution in [0, 0.1) is 13.8 Å². The van der Waals surface area contributed by atoms with Crippen LogP contribution in [0.3, 0.4) is 0 Å². The number of aliphatic hydroxyl groups excluding tert-OH is 1. The molecule has 164 valence electrons. The first-order chi connectivity index (χ1) is 14.6. The third-order valence-electron chi connectivity index (χ3n) is 4.23. The molecule has 1 aromatic heterocycles. The van der Waals surface area contributed by atoms with E-state index in [9.17, 15) is 13.2 Å². The molecule has 3 aromatic rings. The summed E-state index contributed by atoms with van der Waals surface area (Å²) >= 11 is 3.46. The molecular weight excluding hydrogens is 477 g/mol. The molecule has 3 rings (SSSR count). The molecule has 0 amide bonds. The van der Waals surface area contributed by atoms with Crippen LogP contribution in [0.25, 0.3) is 11.3 Å². The standard InChI is InChI=1S/C21H20BrF3N4O2/c1-12-8-15(22)9-13(2)19(12)28-18-11-17(27-20(29-18)26-6-7-30)14-4-3-5-16(10-14)31-21(23,24)25/h3-5,8-11,30H,6-7H2,1-2H3,(H2,26,27,28,29). The van der Waals surface area contributed by atoms with Crippen molar-refractivity contribution < 1.29 is 23.0 Å². The highest BCUT2D eigenvalue weighted by atomic mass is 79.9. The van der Waals surface area contributed by atoms with E-state index in [4.69, 9.17) is 5.11 Å². The highest BCUT2D eigenvalue weighted by Gasteiger charge is 2.31. The van der Waals surface area contributed by atoms with Gasteiger partial charge in [-0.25, -0.2) is 4.98 Å². The molecule has 0 saturated heterocycles.